The van der Waals surface area contributed by atoms with Gasteiger partial charge in [-0.2, -0.15) is 5.10 Å². The molecule has 7 heteroatoms. The SMILES string of the molecule is COc1cc(C)cnc1C(=O)N[C@H]1CCC[C@H]1Oc1cnn(C)c1. The summed E-state index contributed by atoms with van der Waals surface area (Å²) >= 11 is 0. The molecule has 1 amide bonds. The van der Waals surface area contributed by atoms with Gasteiger partial charge in [-0.1, -0.05) is 0 Å². The Morgan fingerprint density at radius 1 is 1.38 bits per heavy atom. The highest BCUT2D eigenvalue weighted by Crippen LogP contribution is 2.25. The highest BCUT2D eigenvalue weighted by atomic mass is 16.5. The van der Waals surface area contributed by atoms with Crippen molar-refractivity contribution in [1.82, 2.24) is 20.1 Å². The number of amides is 1. The van der Waals surface area contributed by atoms with Gasteiger partial charge < -0.3 is 14.8 Å². The number of methoxy groups -OCH3 is 1. The Bertz CT molecular complexity index is 728. The van der Waals surface area contributed by atoms with Crippen LogP contribution in [0.1, 0.15) is 35.3 Å². The molecule has 3 rings (SSSR count). The third kappa shape index (κ3) is 3.50. The normalized spacial score (nSPS) is 20.0. The summed E-state index contributed by atoms with van der Waals surface area (Å²) in [6, 6.07) is 1.76. The maximum Gasteiger partial charge on any atom is 0.274 e. The minimum Gasteiger partial charge on any atom is -0.494 e. The monoisotopic (exact) mass is 330 g/mol. The van der Waals surface area contributed by atoms with Crippen LogP contribution in [0.5, 0.6) is 11.5 Å². The van der Waals surface area contributed by atoms with Crippen molar-refractivity contribution in [3.05, 3.63) is 35.9 Å². The summed E-state index contributed by atoms with van der Waals surface area (Å²) in [5.74, 6) is 0.962. The molecule has 0 spiro atoms. The van der Waals surface area contributed by atoms with Gasteiger partial charge in [0.05, 0.1) is 25.5 Å². The van der Waals surface area contributed by atoms with Gasteiger partial charge in [0.25, 0.3) is 5.91 Å². The molecule has 7 nitrogen and oxygen atoms in total. The second-order valence-electron chi connectivity index (χ2n) is 6.08. The Labute approximate surface area is 141 Å². The summed E-state index contributed by atoms with van der Waals surface area (Å²) in [7, 11) is 3.38. The van der Waals surface area contributed by atoms with Gasteiger partial charge in [0.2, 0.25) is 0 Å². The van der Waals surface area contributed by atoms with Crippen molar-refractivity contribution in [2.75, 3.05) is 7.11 Å². The van der Waals surface area contributed by atoms with Gasteiger partial charge in [0.15, 0.2) is 11.4 Å². The number of carbonyl (C=O) groups is 1. The molecule has 1 saturated carbocycles. The smallest absolute Gasteiger partial charge is 0.274 e. The first-order valence-corrected chi connectivity index (χ1v) is 8.03. The average Bonchev–Trinajstić information content (AvgIpc) is 3.16. The topological polar surface area (TPSA) is 78.3 Å². The zero-order valence-corrected chi connectivity index (χ0v) is 14.2. The van der Waals surface area contributed by atoms with Gasteiger partial charge in [-0.25, -0.2) is 4.98 Å². The maximum absolute atomic E-state index is 12.6. The van der Waals surface area contributed by atoms with Gasteiger partial charge >= 0.3 is 0 Å². The molecule has 0 radical (unpaired) electrons. The molecule has 1 aliphatic carbocycles. The van der Waals surface area contributed by atoms with Crippen LogP contribution in [0.25, 0.3) is 0 Å². The van der Waals surface area contributed by atoms with Crippen molar-refractivity contribution in [2.24, 2.45) is 7.05 Å². The number of nitrogens with zero attached hydrogens (tertiary/aromatic N) is 3. The molecule has 128 valence electrons. The van der Waals surface area contributed by atoms with Crippen LogP contribution in [0.2, 0.25) is 0 Å². The van der Waals surface area contributed by atoms with Crippen LogP contribution in [-0.4, -0.2) is 39.9 Å². The van der Waals surface area contributed by atoms with Gasteiger partial charge in [0, 0.05) is 13.2 Å². The lowest BCUT2D eigenvalue weighted by molar-refractivity contribution is 0.0885. The van der Waals surface area contributed by atoms with Gasteiger partial charge in [-0.05, 0) is 37.8 Å². The maximum atomic E-state index is 12.6. The largest absolute Gasteiger partial charge is 0.494 e. The Morgan fingerprint density at radius 3 is 2.92 bits per heavy atom. The number of hydrogen-bond donors (Lipinski definition) is 1. The first kappa shape index (κ1) is 16.3. The molecule has 0 unspecified atom stereocenters. The van der Waals surface area contributed by atoms with Crippen molar-refractivity contribution >= 4 is 5.91 Å². The molecule has 0 bridgehead atoms. The lowest BCUT2D eigenvalue weighted by Crippen LogP contribution is -2.42. The summed E-state index contributed by atoms with van der Waals surface area (Å²) < 4.78 is 12.9. The number of aryl methyl sites for hydroxylation is 2. The fourth-order valence-corrected chi connectivity index (χ4v) is 2.97. The fourth-order valence-electron chi connectivity index (χ4n) is 2.97. The van der Waals surface area contributed by atoms with E-state index < -0.39 is 0 Å². The summed E-state index contributed by atoms with van der Waals surface area (Å²) in [5, 5.41) is 7.13. The van der Waals surface area contributed by atoms with Crippen LogP contribution in [0.3, 0.4) is 0 Å². The molecule has 2 heterocycles. The van der Waals surface area contributed by atoms with Crippen LogP contribution in [0, 0.1) is 6.92 Å². The van der Waals surface area contributed by atoms with Crippen LogP contribution in [0.4, 0.5) is 0 Å². The van der Waals surface area contributed by atoms with Crippen LogP contribution in [0.15, 0.2) is 24.7 Å². The molecule has 2 atom stereocenters. The van der Waals surface area contributed by atoms with E-state index in [0.717, 1.165) is 30.6 Å². The Kier molecular flexibility index (Phi) is 4.69. The second kappa shape index (κ2) is 6.90. The van der Waals surface area contributed by atoms with Gasteiger partial charge in [0.1, 0.15) is 11.9 Å². The van der Waals surface area contributed by atoms with Gasteiger partial charge in [-0.3, -0.25) is 9.48 Å². The Balaban J connectivity index is 1.69. The van der Waals surface area contributed by atoms with Crippen LogP contribution >= 0.6 is 0 Å². The predicted molar refractivity (Wildman–Crippen MR) is 88.3 cm³/mol. The zero-order chi connectivity index (χ0) is 17.1. The molecular weight excluding hydrogens is 308 g/mol. The summed E-state index contributed by atoms with van der Waals surface area (Å²) in [6.07, 6.45) is 7.89. The molecule has 2 aromatic heterocycles. The predicted octanol–water partition coefficient (Wildman–Crippen LogP) is 1.86. The van der Waals surface area contributed by atoms with Crippen molar-refractivity contribution in [3.8, 4) is 11.5 Å². The number of ether oxygens (including phenoxy) is 2. The highest BCUT2D eigenvalue weighted by Gasteiger charge is 2.31. The van der Waals surface area contributed by atoms with E-state index in [2.05, 4.69) is 15.4 Å². The summed E-state index contributed by atoms with van der Waals surface area (Å²) in [5.41, 5.74) is 1.25. The van der Waals surface area contributed by atoms with E-state index in [0.29, 0.717) is 11.4 Å². The molecule has 1 N–H and O–H groups in total. The Hall–Kier alpha value is -2.57. The van der Waals surface area contributed by atoms with E-state index >= 15 is 0 Å². The van der Waals surface area contributed by atoms with Crippen LogP contribution < -0.4 is 14.8 Å². The molecule has 1 fully saturated rings. The lowest BCUT2D eigenvalue weighted by atomic mass is 10.2. The van der Waals surface area contributed by atoms with E-state index in [4.69, 9.17) is 9.47 Å². The van der Waals surface area contributed by atoms with Gasteiger partial charge in [-0.15, -0.1) is 0 Å². The molecule has 0 aromatic carbocycles. The summed E-state index contributed by atoms with van der Waals surface area (Å²) in [4.78, 5) is 16.8. The van der Waals surface area contributed by atoms with Crippen molar-refractivity contribution in [2.45, 2.75) is 38.3 Å². The minimum absolute atomic E-state index is 0.0504. The van der Waals surface area contributed by atoms with E-state index in [9.17, 15) is 4.79 Å². The van der Waals surface area contributed by atoms with E-state index in [1.54, 1.807) is 23.1 Å². The van der Waals surface area contributed by atoms with Crippen molar-refractivity contribution in [3.63, 3.8) is 0 Å². The number of hydrogen-bond acceptors (Lipinski definition) is 5. The number of nitrogens with one attached hydrogen (secondary N) is 1. The van der Waals surface area contributed by atoms with Crippen LogP contribution in [-0.2, 0) is 7.05 Å². The zero-order valence-electron chi connectivity index (χ0n) is 14.2. The number of aromatic nitrogens is 3. The molecule has 1 aliphatic rings. The van der Waals surface area contributed by atoms with Crippen molar-refractivity contribution < 1.29 is 14.3 Å². The lowest BCUT2D eigenvalue weighted by Gasteiger charge is -2.21. The van der Waals surface area contributed by atoms with E-state index in [-0.39, 0.29) is 18.1 Å². The third-order valence-electron chi connectivity index (χ3n) is 4.16. The Morgan fingerprint density at radius 2 is 2.21 bits per heavy atom. The first-order valence-electron chi connectivity index (χ1n) is 8.03. The quantitative estimate of drug-likeness (QED) is 0.905. The standard InChI is InChI=1S/C17H22N4O3/c1-11-7-15(23-3)16(18-8-11)17(22)20-13-5-4-6-14(13)24-12-9-19-21(2)10-12/h7-10,13-14H,4-6H2,1-3H3,(H,20,22)/t13-,14+/m0/s1. The number of carbonyl (C=O) groups excluding carboxylic acids is 1. The number of pyridine rings is 1. The molecule has 0 saturated heterocycles. The van der Waals surface area contributed by atoms with E-state index in [1.165, 1.54) is 7.11 Å². The minimum atomic E-state index is -0.237. The average molecular weight is 330 g/mol. The van der Waals surface area contributed by atoms with E-state index in [1.807, 2.05) is 20.2 Å². The number of rotatable bonds is 5. The molecule has 2 aromatic rings. The molecule has 0 aliphatic heterocycles. The third-order valence-corrected chi connectivity index (χ3v) is 4.16. The second-order valence-corrected chi connectivity index (χ2v) is 6.08. The van der Waals surface area contributed by atoms with Crippen molar-refractivity contribution in [1.29, 1.82) is 0 Å². The highest BCUT2D eigenvalue weighted by molar-refractivity contribution is 5.95. The summed E-state index contributed by atoms with van der Waals surface area (Å²) in [6.45, 7) is 1.91. The fraction of sp³-hybridized carbons (Fsp3) is 0.471. The molecule has 24 heavy (non-hydrogen) atoms. The molecular formula is C17H22N4O3. The first-order chi connectivity index (χ1) is 11.6.